The summed E-state index contributed by atoms with van der Waals surface area (Å²) >= 11 is 15.7. The van der Waals surface area contributed by atoms with E-state index >= 15 is 0 Å². The van der Waals surface area contributed by atoms with Crippen LogP contribution in [-0.4, -0.2) is 11.5 Å². The Bertz CT molecular complexity index is 946. The van der Waals surface area contributed by atoms with Crippen molar-refractivity contribution in [1.82, 2.24) is 4.98 Å². The van der Waals surface area contributed by atoms with Crippen LogP contribution in [0.3, 0.4) is 0 Å². The van der Waals surface area contributed by atoms with Crippen LogP contribution in [0.2, 0.25) is 10.0 Å². The Hall–Kier alpha value is -1.20. The first-order valence-corrected chi connectivity index (χ1v) is 8.69. The van der Waals surface area contributed by atoms with Crippen molar-refractivity contribution in [2.45, 2.75) is 6.42 Å². The lowest BCUT2D eigenvalue weighted by molar-refractivity contribution is 0.992. The molecule has 0 aliphatic carbocycles. The minimum Gasteiger partial charge on any atom is -0.398 e. The van der Waals surface area contributed by atoms with E-state index in [0.717, 1.165) is 51.1 Å². The molecule has 0 saturated heterocycles. The van der Waals surface area contributed by atoms with E-state index in [-0.39, 0.29) is 12.4 Å². The number of hydrogen-bond acceptors (Lipinski definition) is 3. The Balaban J connectivity index is 0.00000169. The number of hydrogen-bond donors (Lipinski definition) is 1. The first kappa shape index (κ1) is 17.6. The molecule has 1 aliphatic heterocycles. The summed E-state index contributed by atoms with van der Waals surface area (Å²) in [6.45, 7) is 0.821. The first-order chi connectivity index (χ1) is 11.0. The van der Waals surface area contributed by atoms with Crippen molar-refractivity contribution in [3.63, 3.8) is 0 Å². The topological polar surface area (TPSA) is 42.1 Å². The maximum Gasteiger partial charge on any atom is 0.139 e. The van der Waals surface area contributed by atoms with Crippen LogP contribution in [0.5, 0.6) is 0 Å². The molecule has 0 atom stereocenters. The molecule has 1 aliphatic rings. The Kier molecular flexibility index (Phi) is 4.85. The highest BCUT2D eigenvalue weighted by Gasteiger charge is 2.26. The fraction of sp³-hybridized carbons (Fsp3) is 0.118. The maximum absolute atomic E-state index is 6.40. The van der Waals surface area contributed by atoms with Crippen LogP contribution >= 0.6 is 51.5 Å². The number of nitrogen functional groups attached to an aromatic ring is 1. The molecule has 7 heteroatoms. The van der Waals surface area contributed by atoms with E-state index in [4.69, 9.17) is 33.9 Å². The molecule has 2 aromatic carbocycles. The Morgan fingerprint density at radius 2 is 1.88 bits per heavy atom. The molecule has 0 unspecified atom stereocenters. The number of halogens is 4. The van der Waals surface area contributed by atoms with Crippen molar-refractivity contribution >= 4 is 79.6 Å². The second-order valence-electron chi connectivity index (χ2n) is 5.49. The van der Waals surface area contributed by atoms with E-state index in [9.17, 15) is 0 Å². The van der Waals surface area contributed by atoms with Gasteiger partial charge in [0.15, 0.2) is 0 Å². The highest BCUT2D eigenvalue weighted by atomic mass is 79.9. The summed E-state index contributed by atoms with van der Waals surface area (Å²) in [5, 5.41) is 2.06. The summed E-state index contributed by atoms with van der Waals surface area (Å²) in [6, 6.07) is 11.6. The van der Waals surface area contributed by atoms with E-state index < -0.39 is 0 Å². The minimum absolute atomic E-state index is 0. The molecule has 4 rings (SSSR count). The van der Waals surface area contributed by atoms with E-state index in [2.05, 4.69) is 20.8 Å². The molecule has 1 aromatic heterocycles. The third-order valence-corrected chi connectivity index (χ3v) is 5.36. The normalized spacial score (nSPS) is 13.0. The number of nitrogens with zero attached hydrogens (tertiary/aromatic N) is 2. The van der Waals surface area contributed by atoms with Crippen LogP contribution in [0.15, 0.2) is 40.9 Å². The van der Waals surface area contributed by atoms with Crippen LogP contribution in [-0.2, 0) is 6.42 Å². The van der Waals surface area contributed by atoms with Crippen LogP contribution in [0.25, 0.3) is 10.9 Å². The van der Waals surface area contributed by atoms with Crippen LogP contribution in [0.4, 0.5) is 17.2 Å². The molecular weight excluding hydrogens is 432 g/mol. The van der Waals surface area contributed by atoms with Gasteiger partial charge in [-0.2, -0.15) is 0 Å². The second-order valence-corrected chi connectivity index (χ2v) is 7.22. The molecule has 124 valence electrons. The van der Waals surface area contributed by atoms with Crippen molar-refractivity contribution in [2.75, 3.05) is 17.2 Å². The van der Waals surface area contributed by atoms with Gasteiger partial charge in [-0.25, -0.2) is 4.98 Å². The summed E-state index contributed by atoms with van der Waals surface area (Å²) in [6.07, 6.45) is 0.858. The van der Waals surface area contributed by atoms with Crippen molar-refractivity contribution < 1.29 is 0 Å². The minimum atomic E-state index is 0. The lowest BCUT2D eigenvalue weighted by atomic mass is 10.1. The molecule has 0 radical (unpaired) electrons. The van der Waals surface area contributed by atoms with Gasteiger partial charge in [0.1, 0.15) is 5.82 Å². The fourth-order valence-corrected chi connectivity index (χ4v) is 3.64. The lowest BCUT2D eigenvalue weighted by Gasteiger charge is -2.20. The zero-order chi connectivity index (χ0) is 16.1. The Labute approximate surface area is 164 Å². The van der Waals surface area contributed by atoms with Gasteiger partial charge in [-0.15, -0.1) is 12.4 Å². The van der Waals surface area contributed by atoms with Gasteiger partial charge >= 0.3 is 0 Å². The summed E-state index contributed by atoms with van der Waals surface area (Å²) in [5.41, 5.74) is 10.1. The third-order valence-electron chi connectivity index (χ3n) is 4.13. The first-order valence-electron chi connectivity index (χ1n) is 7.15. The lowest BCUT2D eigenvalue weighted by Crippen LogP contribution is -2.14. The van der Waals surface area contributed by atoms with Crippen LogP contribution in [0.1, 0.15) is 5.56 Å². The van der Waals surface area contributed by atoms with Crippen molar-refractivity contribution in [3.05, 3.63) is 56.5 Å². The molecule has 0 saturated carbocycles. The monoisotopic (exact) mass is 443 g/mol. The molecule has 3 nitrogen and oxygen atoms in total. The predicted molar refractivity (Wildman–Crippen MR) is 108 cm³/mol. The molecule has 2 heterocycles. The van der Waals surface area contributed by atoms with Crippen LogP contribution < -0.4 is 10.6 Å². The quantitative estimate of drug-likeness (QED) is 0.499. The Morgan fingerprint density at radius 1 is 1.08 bits per heavy atom. The van der Waals surface area contributed by atoms with E-state index in [0.29, 0.717) is 10.0 Å². The zero-order valence-corrected chi connectivity index (χ0v) is 16.3. The van der Waals surface area contributed by atoms with Gasteiger partial charge in [-0.05, 0) is 42.8 Å². The van der Waals surface area contributed by atoms with Gasteiger partial charge in [0, 0.05) is 33.3 Å². The van der Waals surface area contributed by atoms with Gasteiger partial charge in [-0.1, -0.05) is 39.1 Å². The molecule has 0 amide bonds. The number of rotatable bonds is 1. The third kappa shape index (κ3) is 2.82. The van der Waals surface area contributed by atoms with E-state index in [1.807, 2.05) is 30.3 Å². The fourth-order valence-electron chi connectivity index (χ4n) is 2.99. The number of aromatic nitrogens is 1. The van der Waals surface area contributed by atoms with E-state index in [1.54, 1.807) is 6.07 Å². The van der Waals surface area contributed by atoms with Crippen molar-refractivity contribution in [2.24, 2.45) is 0 Å². The van der Waals surface area contributed by atoms with E-state index in [1.165, 1.54) is 0 Å². The number of pyridine rings is 1. The molecule has 0 fully saturated rings. The SMILES string of the molecule is Cl.Nc1c2c(nc3ccc(Br)cc13)N(c1ccc(Cl)c(Cl)c1)CC2. The van der Waals surface area contributed by atoms with Gasteiger partial charge in [0.25, 0.3) is 0 Å². The number of nitrogens with two attached hydrogens (primary N) is 1. The maximum atomic E-state index is 6.40. The molecule has 0 spiro atoms. The van der Waals surface area contributed by atoms with Gasteiger partial charge < -0.3 is 10.6 Å². The molecule has 3 aromatic rings. The van der Waals surface area contributed by atoms with Gasteiger partial charge in [-0.3, -0.25) is 0 Å². The number of fused-ring (bicyclic) bond motifs is 2. The second kappa shape index (κ2) is 6.60. The van der Waals surface area contributed by atoms with Crippen LogP contribution in [0, 0.1) is 0 Å². The summed E-state index contributed by atoms with van der Waals surface area (Å²) in [4.78, 5) is 6.95. The predicted octanol–water partition coefficient (Wildman–Crippen LogP) is 6.00. The van der Waals surface area contributed by atoms with Gasteiger partial charge in [0.2, 0.25) is 0 Å². The zero-order valence-electron chi connectivity index (χ0n) is 12.4. The largest absolute Gasteiger partial charge is 0.398 e. The standard InChI is InChI=1S/C17H12BrCl2N3.ClH/c18-9-1-4-15-12(7-9)16(21)11-5-6-23(17(11)22-15)10-2-3-13(19)14(20)8-10;/h1-4,7-8H,5-6H2,(H2,21,22);1H. The highest BCUT2D eigenvalue weighted by molar-refractivity contribution is 9.10. The smallest absolute Gasteiger partial charge is 0.139 e. The summed E-state index contributed by atoms with van der Waals surface area (Å²) in [7, 11) is 0. The average Bonchev–Trinajstić information content (AvgIpc) is 2.95. The van der Waals surface area contributed by atoms with Gasteiger partial charge in [0.05, 0.1) is 15.6 Å². The van der Waals surface area contributed by atoms with Crippen molar-refractivity contribution in [3.8, 4) is 0 Å². The Morgan fingerprint density at radius 3 is 2.62 bits per heavy atom. The number of benzene rings is 2. The molecule has 0 bridgehead atoms. The van der Waals surface area contributed by atoms with Crippen molar-refractivity contribution in [1.29, 1.82) is 0 Å². The molecule has 2 N–H and O–H groups in total. The average molecular weight is 446 g/mol. The molecular formula is C17H13BrCl3N3. The highest BCUT2D eigenvalue weighted by Crippen LogP contribution is 2.41. The number of anilines is 3. The summed E-state index contributed by atoms with van der Waals surface area (Å²) in [5.74, 6) is 0.899. The summed E-state index contributed by atoms with van der Waals surface area (Å²) < 4.78 is 0.998. The molecule has 24 heavy (non-hydrogen) atoms.